The highest BCUT2D eigenvalue weighted by molar-refractivity contribution is 6.74. The van der Waals surface area contributed by atoms with Crippen LogP contribution in [-0.2, 0) is 20.1 Å². The summed E-state index contributed by atoms with van der Waals surface area (Å²) < 4.78 is 13.9. The van der Waals surface area contributed by atoms with Crippen molar-refractivity contribution in [2.75, 3.05) is 0 Å². The zero-order valence-corrected chi connectivity index (χ0v) is 30.2. The van der Waals surface area contributed by atoms with Crippen LogP contribution in [0, 0.1) is 11.8 Å². The third kappa shape index (κ3) is 11.2. The van der Waals surface area contributed by atoms with E-state index in [2.05, 4.69) is 122 Å². The molecule has 0 heterocycles. The molecule has 238 valence electrons. The first-order valence-corrected chi connectivity index (χ1v) is 21.8. The van der Waals surface area contributed by atoms with E-state index in [1.807, 2.05) is 0 Å². The third-order valence-corrected chi connectivity index (χ3v) is 18.8. The van der Waals surface area contributed by atoms with E-state index < -0.39 is 28.7 Å². The maximum absolute atomic E-state index is 11.4. The molecule has 2 rings (SSSR count). The standard InChI is InChI=1S/C35H60O5Si2/c1-34(2,3)41(7,8)39-28(23-22-27-18-14-13-15-19-27)24-25-29-30(20-16-11-12-17-21-33(37)38)32(26-31(29)36)40-42(9,10)35(4,5)6/h11,13-16,18-19,24-25,28-32,36H,12,17,20-23,26H2,1-10H3,(H,37,38)/t28?,29-,30-,31-,32+/m1/s1. The highest BCUT2D eigenvalue weighted by Gasteiger charge is 2.47. The van der Waals surface area contributed by atoms with Crippen molar-refractivity contribution in [2.24, 2.45) is 11.8 Å². The number of hydrogen-bond acceptors (Lipinski definition) is 4. The van der Waals surface area contributed by atoms with E-state index in [4.69, 9.17) is 14.0 Å². The van der Waals surface area contributed by atoms with Crippen molar-refractivity contribution < 1.29 is 23.9 Å². The van der Waals surface area contributed by atoms with Gasteiger partial charge < -0.3 is 19.1 Å². The molecule has 1 aromatic carbocycles. The molecule has 1 unspecified atom stereocenters. The lowest BCUT2D eigenvalue weighted by Crippen LogP contribution is -2.45. The van der Waals surface area contributed by atoms with Gasteiger partial charge in [-0.05, 0) is 86.3 Å². The molecule has 0 amide bonds. The SMILES string of the molecule is CC(C)(C)[Si](C)(C)OC(C=C[C@@H]1[C@@H](CC=CCCCC(=O)O)[C@@H](O[Si](C)(C)C(C)(C)C)C[C@H]1O)CCc1ccccc1. The van der Waals surface area contributed by atoms with Gasteiger partial charge in [0.1, 0.15) is 0 Å². The van der Waals surface area contributed by atoms with Crippen molar-refractivity contribution >= 4 is 22.6 Å². The molecule has 1 fully saturated rings. The predicted molar refractivity (Wildman–Crippen MR) is 181 cm³/mol. The number of rotatable bonds is 15. The maximum Gasteiger partial charge on any atom is 0.303 e. The minimum absolute atomic E-state index is 0.0108. The largest absolute Gasteiger partial charge is 0.481 e. The van der Waals surface area contributed by atoms with Crippen molar-refractivity contribution in [1.82, 2.24) is 0 Å². The van der Waals surface area contributed by atoms with Crippen LogP contribution < -0.4 is 0 Å². The predicted octanol–water partition coefficient (Wildman–Crippen LogP) is 9.15. The first kappa shape index (κ1) is 36.7. The molecule has 1 saturated carbocycles. The average Bonchev–Trinajstić information content (AvgIpc) is 3.14. The van der Waals surface area contributed by atoms with E-state index in [-0.39, 0.29) is 40.5 Å². The van der Waals surface area contributed by atoms with E-state index >= 15 is 0 Å². The zero-order valence-electron chi connectivity index (χ0n) is 28.2. The normalized spacial score (nSPS) is 23.2. The zero-order chi connectivity index (χ0) is 31.8. The number of carboxylic acids is 1. The number of carbonyl (C=O) groups is 1. The molecule has 5 atom stereocenters. The average molecular weight is 617 g/mol. The van der Waals surface area contributed by atoms with Crippen molar-refractivity contribution in [1.29, 1.82) is 0 Å². The molecule has 1 aliphatic carbocycles. The Kier molecular flexibility index (Phi) is 13.5. The van der Waals surface area contributed by atoms with Crippen LogP contribution in [0.25, 0.3) is 0 Å². The lowest BCUT2D eigenvalue weighted by Gasteiger charge is -2.40. The summed E-state index contributed by atoms with van der Waals surface area (Å²) in [5.41, 5.74) is 1.31. The van der Waals surface area contributed by atoms with Crippen LogP contribution in [0.1, 0.15) is 85.6 Å². The topological polar surface area (TPSA) is 76.0 Å². The fourth-order valence-corrected chi connectivity index (χ4v) is 7.76. The van der Waals surface area contributed by atoms with Crippen molar-refractivity contribution in [3.8, 4) is 0 Å². The molecule has 7 heteroatoms. The van der Waals surface area contributed by atoms with Gasteiger partial charge in [-0.1, -0.05) is 96.2 Å². The Morgan fingerprint density at radius 1 is 1.00 bits per heavy atom. The van der Waals surface area contributed by atoms with E-state index in [1.54, 1.807) is 0 Å². The van der Waals surface area contributed by atoms with Gasteiger partial charge in [-0.25, -0.2) is 0 Å². The fourth-order valence-electron chi connectivity index (χ4n) is 5.07. The highest BCUT2D eigenvalue weighted by Crippen LogP contribution is 2.44. The number of aryl methyl sites for hydroxylation is 1. The molecule has 0 radical (unpaired) electrons. The molecule has 0 spiro atoms. The molecule has 0 bridgehead atoms. The smallest absolute Gasteiger partial charge is 0.303 e. The molecule has 42 heavy (non-hydrogen) atoms. The van der Waals surface area contributed by atoms with Gasteiger partial charge in [-0.2, -0.15) is 0 Å². The van der Waals surface area contributed by atoms with Crippen LogP contribution in [-0.4, -0.2) is 51.1 Å². The number of carboxylic acid groups (broad SMARTS) is 1. The summed E-state index contributed by atoms with van der Waals surface area (Å²) in [6.45, 7) is 22.8. The monoisotopic (exact) mass is 616 g/mol. The Labute approximate surface area is 259 Å². The summed E-state index contributed by atoms with van der Waals surface area (Å²) in [6, 6.07) is 10.6. The molecule has 0 saturated heterocycles. The first-order valence-electron chi connectivity index (χ1n) is 16.0. The van der Waals surface area contributed by atoms with Crippen LogP contribution in [0.3, 0.4) is 0 Å². The number of aliphatic carboxylic acids is 1. The van der Waals surface area contributed by atoms with E-state index in [1.165, 1.54) is 5.56 Å². The molecule has 0 aliphatic heterocycles. The van der Waals surface area contributed by atoms with Gasteiger partial charge in [0, 0.05) is 12.3 Å². The Hall–Kier alpha value is -1.52. The lowest BCUT2D eigenvalue weighted by atomic mass is 9.89. The number of aliphatic hydroxyl groups is 1. The van der Waals surface area contributed by atoms with Crippen molar-refractivity contribution in [2.45, 2.75) is 141 Å². The van der Waals surface area contributed by atoms with Gasteiger partial charge in [-0.15, -0.1) is 0 Å². The van der Waals surface area contributed by atoms with E-state index in [9.17, 15) is 9.90 Å². The minimum Gasteiger partial charge on any atom is -0.481 e. The van der Waals surface area contributed by atoms with Gasteiger partial charge in [0.15, 0.2) is 16.6 Å². The van der Waals surface area contributed by atoms with Crippen LogP contribution in [0.15, 0.2) is 54.6 Å². The third-order valence-electron chi connectivity index (χ3n) is 9.84. The summed E-state index contributed by atoms with van der Waals surface area (Å²) >= 11 is 0. The fraction of sp³-hybridized carbons (Fsp3) is 0.686. The summed E-state index contributed by atoms with van der Waals surface area (Å²) in [5.74, 6) is -0.619. The second-order valence-corrected chi connectivity index (χ2v) is 24.8. The molecular weight excluding hydrogens is 557 g/mol. The van der Waals surface area contributed by atoms with Gasteiger partial charge in [0.2, 0.25) is 0 Å². The van der Waals surface area contributed by atoms with Crippen LogP contribution >= 0.6 is 0 Å². The Bertz CT molecular complexity index is 1020. The number of unbranched alkanes of at least 4 members (excludes halogenated alkanes) is 1. The molecule has 2 N–H and O–H groups in total. The highest BCUT2D eigenvalue weighted by atomic mass is 28.4. The number of aliphatic hydroxyl groups excluding tert-OH is 1. The Morgan fingerprint density at radius 2 is 1.62 bits per heavy atom. The maximum atomic E-state index is 11.4. The van der Waals surface area contributed by atoms with Crippen LogP contribution in [0.2, 0.25) is 36.3 Å². The molecule has 0 aromatic heterocycles. The summed E-state index contributed by atoms with van der Waals surface area (Å²) in [6.07, 6.45) is 13.1. The van der Waals surface area contributed by atoms with Crippen LogP contribution in [0.5, 0.6) is 0 Å². The van der Waals surface area contributed by atoms with Crippen molar-refractivity contribution in [3.05, 3.63) is 60.2 Å². The second kappa shape index (κ2) is 15.5. The van der Waals surface area contributed by atoms with Gasteiger partial charge in [-0.3, -0.25) is 4.79 Å². The van der Waals surface area contributed by atoms with Crippen molar-refractivity contribution in [3.63, 3.8) is 0 Å². The molecule has 1 aliphatic rings. The van der Waals surface area contributed by atoms with E-state index in [0.717, 1.165) is 25.7 Å². The van der Waals surface area contributed by atoms with E-state index in [0.29, 0.717) is 12.8 Å². The summed E-state index contributed by atoms with van der Waals surface area (Å²) in [4.78, 5) is 10.9. The summed E-state index contributed by atoms with van der Waals surface area (Å²) in [5, 5.41) is 20.5. The van der Waals surface area contributed by atoms with Gasteiger partial charge in [0.25, 0.3) is 0 Å². The van der Waals surface area contributed by atoms with Gasteiger partial charge in [0.05, 0.1) is 18.3 Å². The number of hydrogen-bond donors (Lipinski definition) is 2. The second-order valence-electron chi connectivity index (χ2n) is 15.3. The number of benzene rings is 1. The molecule has 5 nitrogen and oxygen atoms in total. The first-order chi connectivity index (χ1) is 19.3. The quantitative estimate of drug-likeness (QED) is 0.117. The lowest BCUT2D eigenvalue weighted by molar-refractivity contribution is -0.137. The number of allylic oxidation sites excluding steroid dienone is 2. The Balaban J connectivity index is 2.31. The Morgan fingerprint density at radius 3 is 2.19 bits per heavy atom. The molecular formula is C35H60O5Si2. The summed E-state index contributed by atoms with van der Waals surface area (Å²) in [7, 11) is -4.05. The molecule has 1 aromatic rings. The minimum atomic E-state index is -2.04. The van der Waals surface area contributed by atoms with Gasteiger partial charge >= 0.3 is 5.97 Å². The van der Waals surface area contributed by atoms with Crippen LogP contribution in [0.4, 0.5) is 0 Å².